The Morgan fingerprint density at radius 2 is 1.68 bits per heavy atom. The van der Waals surface area contributed by atoms with E-state index in [-0.39, 0.29) is 17.6 Å². The minimum atomic E-state index is -0.339. The highest BCUT2D eigenvalue weighted by molar-refractivity contribution is 5.84. The van der Waals surface area contributed by atoms with Crippen LogP contribution in [-0.2, 0) is 24.3 Å². The number of aromatic nitrogens is 2. The summed E-state index contributed by atoms with van der Waals surface area (Å²) >= 11 is 0. The van der Waals surface area contributed by atoms with Crippen LogP contribution in [0.5, 0.6) is 11.6 Å². The van der Waals surface area contributed by atoms with E-state index >= 15 is 0 Å². The molecule has 0 bridgehead atoms. The lowest BCUT2D eigenvalue weighted by atomic mass is 9.94. The van der Waals surface area contributed by atoms with E-state index < -0.39 is 0 Å². The Hall–Kier alpha value is -4.26. The summed E-state index contributed by atoms with van der Waals surface area (Å²) in [6, 6.07) is 25.9. The second-order valence-electron chi connectivity index (χ2n) is 9.53. The SMILES string of the molecule is CC[C@@H](C(=O)N1CCc2nc(N(C)Cc3ccccc3)nc(Oc3ccc(F)cc3)c2C1)c1ccccc1. The molecule has 1 atom stereocenters. The molecule has 1 aromatic heterocycles. The van der Waals surface area contributed by atoms with E-state index in [1.165, 1.54) is 12.1 Å². The maximum absolute atomic E-state index is 13.6. The second-order valence-corrected chi connectivity index (χ2v) is 9.53. The third kappa shape index (κ3) is 5.67. The van der Waals surface area contributed by atoms with E-state index in [1.807, 2.05) is 72.3 Å². The normalized spacial score (nSPS) is 13.5. The summed E-state index contributed by atoms with van der Waals surface area (Å²) in [5.74, 6) is 0.942. The van der Waals surface area contributed by atoms with Crippen LogP contribution in [0.4, 0.5) is 10.3 Å². The van der Waals surface area contributed by atoms with Gasteiger partial charge in [-0.1, -0.05) is 67.6 Å². The molecular formula is C31H31FN4O2. The van der Waals surface area contributed by atoms with Crippen molar-refractivity contribution in [2.75, 3.05) is 18.5 Å². The van der Waals surface area contributed by atoms with Crippen LogP contribution < -0.4 is 9.64 Å². The van der Waals surface area contributed by atoms with Gasteiger partial charge in [-0.2, -0.15) is 4.98 Å². The summed E-state index contributed by atoms with van der Waals surface area (Å²) < 4.78 is 19.7. The molecule has 194 valence electrons. The summed E-state index contributed by atoms with van der Waals surface area (Å²) in [4.78, 5) is 27.1. The first-order chi connectivity index (χ1) is 18.5. The zero-order chi connectivity index (χ0) is 26.5. The van der Waals surface area contributed by atoms with Gasteiger partial charge in [-0.3, -0.25) is 4.79 Å². The molecule has 0 saturated carbocycles. The zero-order valence-electron chi connectivity index (χ0n) is 21.7. The van der Waals surface area contributed by atoms with Gasteiger partial charge in [0, 0.05) is 26.6 Å². The van der Waals surface area contributed by atoms with Crippen molar-refractivity contribution in [2.45, 2.75) is 38.8 Å². The molecular weight excluding hydrogens is 479 g/mol. The number of fused-ring (bicyclic) bond motifs is 1. The van der Waals surface area contributed by atoms with Gasteiger partial charge >= 0.3 is 0 Å². The van der Waals surface area contributed by atoms with Crippen LogP contribution in [0.15, 0.2) is 84.9 Å². The van der Waals surface area contributed by atoms with Crippen molar-refractivity contribution in [1.29, 1.82) is 0 Å². The fourth-order valence-electron chi connectivity index (χ4n) is 4.82. The van der Waals surface area contributed by atoms with Crippen LogP contribution in [0.2, 0.25) is 0 Å². The van der Waals surface area contributed by atoms with Crippen molar-refractivity contribution in [1.82, 2.24) is 14.9 Å². The molecule has 6 nitrogen and oxygen atoms in total. The van der Waals surface area contributed by atoms with Gasteiger partial charge in [-0.15, -0.1) is 0 Å². The molecule has 2 heterocycles. The van der Waals surface area contributed by atoms with Gasteiger partial charge in [0.05, 0.1) is 23.7 Å². The summed E-state index contributed by atoms with van der Waals surface area (Å²) in [6.45, 7) is 3.60. The Morgan fingerprint density at radius 3 is 2.37 bits per heavy atom. The lowest BCUT2D eigenvalue weighted by Crippen LogP contribution is -2.39. The number of carbonyl (C=O) groups is 1. The Kier molecular flexibility index (Phi) is 7.63. The average Bonchev–Trinajstić information content (AvgIpc) is 2.95. The summed E-state index contributed by atoms with van der Waals surface area (Å²) in [6.07, 6.45) is 1.31. The van der Waals surface area contributed by atoms with Gasteiger partial charge in [0.15, 0.2) is 0 Å². The van der Waals surface area contributed by atoms with Crippen molar-refractivity contribution < 1.29 is 13.9 Å². The van der Waals surface area contributed by atoms with E-state index in [4.69, 9.17) is 14.7 Å². The van der Waals surface area contributed by atoms with Gasteiger partial charge in [0.1, 0.15) is 11.6 Å². The van der Waals surface area contributed by atoms with Gasteiger partial charge in [0.25, 0.3) is 0 Å². The largest absolute Gasteiger partial charge is 0.438 e. The smallest absolute Gasteiger partial charge is 0.230 e. The number of hydrogen-bond acceptors (Lipinski definition) is 5. The number of nitrogens with zero attached hydrogens (tertiary/aromatic N) is 4. The molecule has 0 spiro atoms. The lowest BCUT2D eigenvalue weighted by molar-refractivity contribution is -0.133. The molecule has 0 radical (unpaired) electrons. The number of carbonyl (C=O) groups excluding carboxylic acids is 1. The Labute approximate surface area is 222 Å². The summed E-state index contributed by atoms with van der Waals surface area (Å²) in [7, 11) is 1.95. The van der Waals surface area contributed by atoms with Crippen LogP contribution in [0, 0.1) is 5.82 Å². The fourth-order valence-corrected chi connectivity index (χ4v) is 4.82. The number of halogens is 1. The number of ether oxygens (including phenoxy) is 1. The number of hydrogen-bond donors (Lipinski definition) is 0. The Bertz CT molecular complexity index is 1380. The van der Waals surface area contributed by atoms with Crippen LogP contribution in [-0.4, -0.2) is 34.4 Å². The summed E-state index contributed by atoms with van der Waals surface area (Å²) in [5, 5.41) is 0. The monoisotopic (exact) mass is 510 g/mol. The van der Waals surface area contributed by atoms with Crippen molar-refractivity contribution in [3.63, 3.8) is 0 Å². The molecule has 4 aromatic rings. The number of rotatable bonds is 8. The molecule has 0 fully saturated rings. The fraction of sp³-hybridized carbons (Fsp3) is 0.258. The molecule has 0 N–H and O–H groups in total. The predicted molar refractivity (Wildman–Crippen MR) is 146 cm³/mol. The van der Waals surface area contributed by atoms with Crippen molar-refractivity contribution in [3.8, 4) is 11.6 Å². The van der Waals surface area contributed by atoms with E-state index in [1.54, 1.807) is 12.1 Å². The minimum Gasteiger partial charge on any atom is -0.438 e. The molecule has 0 unspecified atom stereocenters. The first kappa shape index (κ1) is 25.4. The molecule has 0 saturated heterocycles. The third-order valence-electron chi connectivity index (χ3n) is 6.86. The molecule has 3 aromatic carbocycles. The molecule has 1 aliphatic heterocycles. The highest BCUT2D eigenvalue weighted by Crippen LogP contribution is 2.33. The predicted octanol–water partition coefficient (Wildman–Crippen LogP) is 6.12. The van der Waals surface area contributed by atoms with E-state index in [9.17, 15) is 9.18 Å². The highest BCUT2D eigenvalue weighted by atomic mass is 19.1. The van der Waals surface area contributed by atoms with E-state index in [0.717, 1.165) is 22.4 Å². The molecule has 1 amide bonds. The molecule has 5 rings (SSSR count). The molecule has 1 aliphatic rings. The van der Waals surface area contributed by atoms with Crippen molar-refractivity contribution in [2.24, 2.45) is 0 Å². The number of amides is 1. The third-order valence-corrected chi connectivity index (χ3v) is 6.86. The van der Waals surface area contributed by atoms with E-state index in [0.29, 0.717) is 50.1 Å². The molecule has 38 heavy (non-hydrogen) atoms. The van der Waals surface area contributed by atoms with Gasteiger partial charge in [0.2, 0.25) is 17.7 Å². The van der Waals surface area contributed by atoms with E-state index in [2.05, 4.69) is 12.1 Å². The van der Waals surface area contributed by atoms with Crippen molar-refractivity contribution >= 4 is 11.9 Å². The van der Waals surface area contributed by atoms with Gasteiger partial charge < -0.3 is 14.5 Å². The van der Waals surface area contributed by atoms with Gasteiger partial charge in [-0.05, 0) is 41.8 Å². The standard InChI is InChI=1S/C31H31FN4O2/c1-3-26(23-12-8-5-9-13-23)30(37)36-19-18-28-27(21-36)29(38-25-16-14-24(32)15-17-25)34-31(33-28)35(2)20-22-10-6-4-7-11-22/h4-17,26H,3,18-21H2,1-2H3/t26-/m1/s1. The average molecular weight is 511 g/mol. The lowest BCUT2D eigenvalue weighted by Gasteiger charge is -2.32. The highest BCUT2D eigenvalue weighted by Gasteiger charge is 2.31. The van der Waals surface area contributed by atoms with Crippen LogP contribution >= 0.6 is 0 Å². The quantitative estimate of drug-likeness (QED) is 0.286. The molecule has 0 aliphatic carbocycles. The zero-order valence-corrected chi connectivity index (χ0v) is 21.7. The first-order valence-corrected chi connectivity index (χ1v) is 12.9. The summed E-state index contributed by atoms with van der Waals surface area (Å²) in [5.41, 5.74) is 3.81. The maximum Gasteiger partial charge on any atom is 0.230 e. The Morgan fingerprint density at radius 1 is 1.00 bits per heavy atom. The number of anilines is 1. The number of benzene rings is 3. The van der Waals surface area contributed by atoms with Crippen LogP contribution in [0.3, 0.4) is 0 Å². The van der Waals surface area contributed by atoms with Crippen LogP contribution in [0.1, 0.15) is 41.6 Å². The Balaban J connectivity index is 1.46. The minimum absolute atomic E-state index is 0.0855. The van der Waals surface area contributed by atoms with Gasteiger partial charge in [-0.25, -0.2) is 9.37 Å². The molecule has 7 heteroatoms. The van der Waals surface area contributed by atoms with Crippen molar-refractivity contribution in [3.05, 3.63) is 113 Å². The second kappa shape index (κ2) is 11.4. The van der Waals surface area contributed by atoms with Crippen LogP contribution in [0.25, 0.3) is 0 Å². The maximum atomic E-state index is 13.6. The first-order valence-electron chi connectivity index (χ1n) is 12.9. The topological polar surface area (TPSA) is 58.6 Å².